The van der Waals surface area contributed by atoms with E-state index in [-0.39, 0.29) is 17.4 Å². The number of hydrogen-bond donors (Lipinski definition) is 0. The summed E-state index contributed by atoms with van der Waals surface area (Å²) in [5.74, 6) is 1.35. The lowest BCUT2D eigenvalue weighted by Crippen LogP contribution is -2.58. The maximum absolute atomic E-state index is 13.0. The van der Waals surface area contributed by atoms with E-state index >= 15 is 0 Å². The number of rotatable bonds is 5. The van der Waals surface area contributed by atoms with Crippen LogP contribution in [0.3, 0.4) is 0 Å². The van der Waals surface area contributed by atoms with Gasteiger partial charge in [-0.05, 0) is 57.3 Å². The molecule has 1 saturated carbocycles. The summed E-state index contributed by atoms with van der Waals surface area (Å²) < 4.78 is 12.2. The van der Waals surface area contributed by atoms with E-state index in [1.165, 1.54) is 12.8 Å². The van der Waals surface area contributed by atoms with E-state index in [4.69, 9.17) is 9.47 Å². The summed E-state index contributed by atoms with van der Waals surface area (Å²) in [4.78, 5) is 15.1. The predicted molar refractivity (Wildman–Crippen MR) is 92.6 cm³/mol. The zero-order valence-electron chi connectivity index (χ0n) is 14.8. The van der Waals surface area contributed by atoms with Crippen molar-refractivity contribution in [2.24, 2.45) is 17.3 Å². The van der Waals surface area contributed by atoms with Gasteiger partial charge in [-0.25, -0.2) is 0 Å². The number of piperidine rings is 1. The molecule has 2 saturated heterocycles. The van der Waals surface area contributed by atoms with E-state index in [0.29, 0.717) is 5.91 Å². The van der Waals surface area contributed by atoms with Gasteiger partial charge in [0.1, 0.15) is 0 Å². The van der Waals surface area contributed by atoms with Crippen LogP contribution >= 0.6 is 0 Å². The molecule has 2 aliphatic carbocycles. The summed E-state index contributed by atoms with van der Waals surface area (Å²) in [6.45, 7) is 4.23. The van der Waals surface area contributed by atoms with Crippen LogP contribution in [0.2, 0.25) is 0 Å². The molecule has 0 aromatic heterocycles. The molecule has 2 aliphatic heterocycles. The average molecular weight is 333 g/mol. The topological polar surface area (TPSA) is 38.8 Å². The van der Waals surface area contributed by atoms with Gasteiger partial charge in [0.05, 0.1) is 12.7 Å². The van der Waals surface area contributed by atoms with Crippen LogP contribution in [0.4, 0.5) is 0 Å². The summed E-state index contributed by atoms with van der Waals surface area (Å²) in [7, 11) is 0. The van der Waals surface area contributed by atoms with Crippen LogP contribution in [-0.2, 0) is 14.3 Å². The van der Waals surface area contributed by atoms with Crippen LogP contribution in [0.25, 0.3) is 0 Å². The van der Waals surface area contributed by atoms with Crippen LogP contribution in [0, 0.1) is 17.3 Å². The largest absolute Gasteiger partial charge is 0.380 e. The molecule has 3 unspecified atom stereocenters. The van der Waals surface area contributed by atoms with Crippen molar-refractivity contribution >= 4 is 5.91 Å². The lowest BCUT2D eigenvalue weighted by Gasteiger charge is -2.50. The first-order chi connectivity index (χ1) is 11.8. The average Bonchev–Trinajstić information content (AvgIpc) is 3.45. The Morgan fingerprint density at radius 2 is 2.17 bits per heavy atom. The van der Waals surface area contributed by atoms with Crippen molar-refractivity contribution in [3.05, 3.63) is 12.2 Å². The number of fused-ring (bicyclic) bond motifs is 1. The first-order valence-electron chi connectivity index (χ1n) is 9.90. The Kier molecular flexibility index (Phi) is 4.95. The zero-order chi connectivity index (χ0) is 16.4. The minimum atomic E-state index is 0.0333. The number of nitrogens with zero attached hydrogens (tertiary/aromatic N) is 1. The van der Waals surface area contributed by atoms with E-state index in [2.05, 4.69) is 17.1 Å². The lowest BCUT2D eigenvalue weighted by atomic mass is 9.72. The van der Waals surface area contributed by atoms with E-state index in [1.54, 1.807) is 0 Å². The molecule has 0 aromatic carbocycles. The van der Waals surface area contributed by atoms with Crippen molar-refractivity contribution in [1.82, 2.24) is 4.90 Å². The van der Waals surface area contributed by atoms with Gasteiger partial charge < -0.3 is 14.4 Å². The summed E-state index contributed by atoms with van der Waals surface area (Å²) in [5.41, 5.74) is 0.0333. The highest BCUT2D eigenvalue weighted by molar-refractivity contribution is 5.79. The molecule has 4 heteroatoms. The minimum absolute atomic E-state index is 0.0333. The van der Waals surface area contributed by atoms with Crippen molar-refractivity contribution in [1.29, 1.82) is 0 Å². The number of amides is 1. The molecule has 134 valence electrons. The molecule has 2 heterocycles. The van der Waals surface area contributed by atoms with Gasteiger partial charge in [0.25, 0.3) is 0 Å². The molecule has 3 atom stereocenters. The molecular weight excluding hydrogens is 302 g/mol. The molecule has 24 heavy (non-hydrogen) atoms. The molecule has 0 spiro atoms. The molecule has 4 rings (SSSR count). The second-order valence-corrected chi connectivity index (χ2v) is 8.31. The third-order valence-corrected chi connectivity index (χ3v) is 6.36. The van der Waals surface area contributed by atoms with Crippen LogP contribution in [-0.4, -0.2) is 49.8 Å². The van der Waals surface area contributed by atoms with Crippen molar-refractivity contribution in [3.8, 4) is 0 Å². The van der Waals surface area contributed by atoms with Crippen molar-refractivity contribution in [2.75, 3.05) is 32.9 Å². The normalized spacial score (nSPS) is 36.4. The quantitative estimate of drug-likeness (QED) is 0.726. The third kappa shape index (κ3) is 3.55. The van der Waals surface area contributed by atoms with E-state index < -0.39 is 0 Å². The fourth-order valence-electron chi connectivity index (χ4n) is 4.68. The van der Waals surface area contributed by atoms with Crippen molar-refractivity contribution in [2.45, 2.75) is 57.5 Å². The highest BCUT2D eigenvalue weighted by Gasteiger charge is 2.48. The van der Waals surface area contributed by atoms with Crippen LogP contribution in [0.5, 0.6) is 0 Å². The van der Waals surface area contributed by atoms with E-state index in [0.717, 1.165) is 77.4 Å². The summed E-state index contributed by atoms with van der Waals surface area (Å²) >= 11 is 0. The van der Waals surface area contributed by atoms with Gasteiger partial charge in [0.15, 0.2) is 0 Å². The Labute approximate surface area is 145 Å². The molecule has 3 fully saturated rings. The Hall–Kier alpha value is -0.870. The molecule has 4 aliphatic rings. The molecule has 0 N–H and O–H groups in total. The van der Waals surface area contributed by atoms with Gasteiger partial charge in [-0.3, -0.25) is 4.79 Å². The Balaban J connectivity index is 1.41. The smallest absolute Gasteiger partial charge is 0.226 e. The number of carbonyl (C=O) groups is 1. The second-order valence-electron chi connectivity index (χ2n) is 8.31. The fraction of sp³-hybridized carbons (Fsp3) is 0.850. The maximum atomic E-state index is 13.0. The van der Waals surface area contributed by atoms with Gasteiger partial charge in [-0.1, -0.05) is 12.2 Å². The van der Waals surface area contributed by atoms with Crippen molar-refractivity contribution < 1.29 is 14.3 Å². The van der Waals surface area contributed by atoms with Crippen LogP contribution in [0.15, 0.2) is 12.2 Å². The molecule has 0 radical (unpaired) electrons. The number of carbonyl (C=O) groups excluding carboxylic acids is 1. The van der Waals surface area contributed by atoms with E-state index in [9.17, 15) is 4.79 Å². The summed E-state index contributed by atoms with van der Waals surface area (Å²) in [5, 5.41) is 0. The minimum Gasteiger partial charge on any atom is -0.380 e. The predicted octanol–water partition coefficient (Wildman–Crippen LogP) is 3.17. The highest BCUT2D eigenvalue weighted by atomic mass is 16.5. The number of allylic oxidation sites excluding steroid dienone is 2. The number of likely N-dealkylation sites (tertiary alicyclic amines) is 1. The van der Waals surface area contributed by atoms with Crippen LogP contribution < -0.4 is 0 Å². The zero-order valence-corrected chi connectivity index (χ0v) is 14.8. The molecule has 0 aromatic rings. The highest BCUT2D eigenvalue weighted by Crippen LogP contribution is 2.41. The standard InChI is InChI=1S/C20H31NO3/c22-19(17-5-2-1-3-6-17)21-11-9-18-20(14-21,10-4-12-24-18)15-23-13-16-7-8-16/h1-2,16-18H,3-15H2. The Morgan fingerprint density at radius 3 is 2.96 bits per heavy atom. The number of ether oxygens (including phenoxy) is 2. The van der Waals surface area contributed by atoms with Crippen LogP contribution in [0.1, 0.15) is 51.4 Å². The first kappa shape index (κ1) is 16.6. The van der Waals surface area contributed by atoms with Gasteiger partial charge >= 0.3 is 0 Å². The fourth-order valence-corrected chi connectivity index (χ4v) is 4.68. The third-order valence-electron chi connectivity index (χ3n) is 6.36. The molecule has 0 bridgehead atoms. The summed E-state index contributed by atoms with van der Waals surface area (Å²) in [6.07, 6.45) is 13.5. The SMILES string of the molecule is O=C(C1CC=CCC1)N1CCC2OCCCC2(COCC2CC2)C1. The first-order valence-corrected chi connectivity index (χ1v) is 9.90. The monoisotopic (exact) mass is 333 g/mol. The van der Waals surface area contributed by atoms with Gasteiger partial charge in [0.2, 0.25) is 5.91 Å². The van der Waals surface area contributed by atoms with E-state index in [1.807, 2.05) is 0 Å². The molecule has 1 amide bonds. The van der Waals surface area contributed by atoms with Gasteiger partial charge in [-0.15, -0.1) is 0 Å². The Morgan fingerprint density at radius 1 is 1.25 bits per heavy atom. The Bertz CT molecular complexity index is 487. The maximum Gasteiger partial charge on any atom is 0.226 e. The van der Waals surface area contributed by atoms with Gasteiger partial charge in [0, 0.05) is 37.6 Å². The molecule has 4 nitrogen and oxygen atoms in total. The number of hydrogen-bond acceptors (Lipinski definition) is 3. The lowest BCUT2D eigenvalue weighted by molar-refractivity contribution is -0.167. The second kappa shape index (κ2) is 7.17. The summed E-state index contributed by atoms with van der Waals surface area (Å²) in [6, 6.07) is 0. The molecular formula is C20H31NO3. The van der Waals surface area contributed by atoms with Gasteiger partial charge in [-0.2, -0.15) is 0 Å². The van der Waals surface area contributed by atoms with Crippen molar-refractivity contribution in [3.63, 3.8) is 0 Å².